The van der Waals surface area contributed by atoms with Gasteiger partial charge in [-0.05, 0) is 56.7 Å². The molecule has 4 rings (SSSR count). The van der Waals surface area contributed by atoms with Crippen molar-refractivity contribution in [3.8, 4) is 0 Å². The number of fused-ring (bicyclic) bond motifs is 3. The van der Waals surface area contributed by atoms with Gasteiger partial charge in [0.05, 0.1) is 0 Å². The molecule has 2 bridgehead atoms. The number of nitrogens with two attached hydrogens (primary N) is 1. The van der Waals surface area contributed by atoms with Gasteiger partial charge in [-0.3, -0.25) is 4.90 Å². The van der Waals surface area contributed by atoms with E-state index < -0.39 is 0 Å². The van der Waals surface area contributed by atoms with Crippen LogP contribution in [0.3, 0.4) is 0 Å². The van der Waals surface area contributed by atoms with E-state index in [1.807, 2.05) is 0 Å². The Morgan fingerprint density at radius 2 is 1.78 bits per heavy atom. The second kappa shape index (κ2) is 4.77. The molecular formula is C15H29N3. The summed E-state index contributed by atoms with van der Waals surface area (Å²) in [6, 6.07) is 0. The van der Waals surface area contributed by atoms with Crippen LogP contribution >= 0.6 is 0 Å². The van der Waals surface area contributed by atoms with Crippen LogP contribution < -0.4 is 5.73 Å². The third-order valence-corrected chi connectivity index (χ3v) is 6.16. The van der Waals surface area contributed by atoms with E-state index in [1.165, 1.54) is 52.0 Å². The van der Waals surface area contributed by atoms with Crippen molar-refractivity contribution >= 4 is 0 Å². The van der Waals surface area contributed by atoms with Crippen LogP contribution in [0.5, 0.6) is 0 Å². The normalized spacial score (nSPS) is 49.5. The molecule has 3 atom stereocenters. The van der Waals surface area contributed by atoms with E-state index in [2.05, 4.69) is 23.6 Å². The van der Waals surface area contributed by atoms with Crippen molar-refractivity contribution in [2.45, 2.75) is 38.6 Å². The van der Waals surface area contributed by atoms with Gasteiger partial charge in [0.15, 0.2) is 0 Å². The maximum Gasteiger partial charge on any atom is 0.0487 e. The molecule has 3 unspecified atom stereocenters. The zero-order chi connectivity index (χ0) is 12.8. The number of hydrogen-bond donors (Lipinski definition) is 1. The van der Waals surface area contributed by atoms with Crippen LogP contribution in [0, 0.1) is 17.8 Å². The molecule has 4 saturated heterocycles. The van der Waals surface area contributed by atoms with Gasteiger partial charge in [-0.2, -0.15) is 0 Å². The van der Waals surface area contributed by atoms with Crippen molar-refractivity contribution < 1.29 is 0 Å². The summed E-state index contributed by atoms with van der Waals surface area (Å²) in [5.74, 6) is 2.57. The van der Waals surface area contributed by atoms with Gasteiger partial charge >= 0.3 is 0 Å². The molecule has 0 radical (unpaired) electrons. The Morgan fingerprint density at radius 3 is 2.28 bits per heavy atom. The summed E-state index contributed by atoms with van der Waals surface area (Å²) >= 11 is 0. The van der Waals surface area contributed by atoms with Crippen LogP contribution in [0.4, 0.5) is 0 Å². The maximum atomic E-state index is 6.27. The molecule has 0 aliphatic carbocycles. The van der Waals surface area contributed by atoms with Crippen LogP contribution in [0.15, 0.2) is 0 Å². The minimum atomic E-state index is 0.310. The van der Waals surface area contributed by atoms with Crippen molar-refractivity contribution in [2.75, 3.05) is 39.3 Å². The summed E-state index contributed by atoms with van der Waals surface area (Å²) in [6.45, 7) is 12.1. The Labute approximate surface area is 112 Å². The molecule has 0 saturated carbocycles. The molecule has 0 aromatic carbocycles. The van der Waals surface area contributed by atoms with Gasteiger partial charge in [0.2, 0.25) is 0 Å². The van der Waals surface area contributed by atoms with Gasteiger partial charge in [-0.15, -0.1) is 0 Å². The average Bonchev–Trinajstić information content (AvgIpc) is 2.42. The van der Waals surface area contributed by atoms with Gasteiger partial charge in [-0.1, -0.05) is 13.8 Å². The molecule has 0 aromatic heterocycles. The number of likely N-dealkylation sites (tertiary alicyclic amines) is 1. The van der Waals surface area contributed by atoms with Crippen LogP contribution in [0.1, 0.15) is 33.1 Å². The lowest BCUT2D eigenvalue weighted by molar-refractivity contribution is -0.0864. The first-order valence-electron chi connectivity index (χ1n) is 7.83. The molecule has 4 aliphatic heterocycles. The monoisotopic (exact) mass is 251 g/mol. The molecule has 4 fully saturated rings. The summed E-state index contributed by atoms with van der Waals surface area (Å²) in [4.78, 5) is 5.42. The van der Waals surface area contributed by atoms with Crippen molar-refractivity contribution in [3.63, 3.8) is 0 Å². The van der Waals surface area contributed by atoms with Crippen molar-refractivity contribution in [2.24, 2.45) is 23.5 Å². The Bertz CT molecular complexity index is 298. The fourth-order valence-corrected chi connectivity index (χ4v) is 4.53. The number of nitrogens with zero attached hydrogens (tertiary/aromatic N) is 2. The van der Waals surface area contributed by atoms with Crippen molar-refractivity contribution in [1.82, 2.24) is 9.80 Å². The van der Waals surface area contributed by atoms with Gasteiger partial charge in [0.25, 0.3) is 0 Å². The molecule has 18 heavy (non-hydrogen) atoms. The fraction of sp³-hybridized carbons (Fsp3) is 1.00. The van der Waals surface area contributed by atoms with Gasteiger partial charge in [0.1, 0.15) is 0 Å². The van der Waals surface area contributed by atoms with E-state index in [1.54, 1.807) is 0 Å². The van der Waals surface area contributed by atoms with Crippen molar-refractivity contribution in [3.05, 3.63) is 0 Å². The molecular weight excluding hydrogens is 222 g/mol. The molecule has 4 aliphatic rings. The van der Waals surface area contributed by atoms with E-state index >= 15 is 0 Å². The van der Waals surface area contributed by atoms with E-state index in [0.717, 1.165) is 24.3 Å². The standard InChI is InChI=1S/C15H29N3/c1-12-3-8-18(9-13(12)2)15(10-16)11-17-6-4-14(15)5-7-17/h12-14H,3-11,16H2,1-2H3. The molecule has 0 spiro atoms. The minimum absolute atomic E-state index is 0.310. The quantitative estimate of drug-likeness (QED) is 0.805. The average molecular weight is 251 g/mol. The Balaban J connectivity index is 1.79. The smallest absolute Gasteiger partial charge is 0.0487 e. The first-order valence-corrected chi connectivity index (χ1v) is 7.83. The Kier molecular flexibility index (Phi) is 3.41. The predicted octanol–water partition coefficient (Wildman–Crippen LogP) is 1.39. The summed E-state index contributed by atoms with van der Waals surface area (Å²) in [6.07, 6.45) is 4.10. The van der Waals surface area contributed by atoms with E-state index in [-0.39, 0.29) is 0 Å². The Morgan fingerprint density at radius 1 is 1.06 bits per heavy atom. The highest BCUT2D eigenvalue weighted by atomic mass is 15.3. The topological polar surface area (TPSA) is 32.5 Å². The number of rotatable bonds is 2. The molecule has 0 aromatic rings. The number of piperidine rings is 4. The fourth-order valence-electron chi connectivity index (χ4n) is 4.53. The molecule has 3 nitrogen and oxygen atoms in total. The third-order valence-electron chi connectivity index (χ3n) is 6.16. The summed E-state index contributed by atoms with van der Waals surface area (Å²) in [5.41, 5.74) is 6.58. The van der Waals surface area contributed by atoms with E-state index in [9.17, 15) is 0 Å². The second-order valence-electron chi connectivity index (χ2n) is 7.05. The van der Waals surface area contributed by atoms with Crippen LogP contribution in [0.25, 0.3) is 0 Å². The Hall–Kier alpha value is -0.120. The lowest BCUT2D eigenvalue weighted by atomic mass is 9.70. The SMILES string of the molecule is CC1CCN(C2(CN)CN3CCC2CC3)CC1C. The van der Waals surface area contributed by atoms with Crippen molar-refractivity contribution in [1.29, 1.82) is 0 Å². The predicted molar refractivity (Wildman–Crippen MR) is 75.5 cm³/mol. The first-order chi connectivity index (χ1) is 8.65. The van der Waals surface area contributed by atoms with Gasteiger partial charge < -0.3 is 10.6 Å². The highest BCUT2D eigenvalue weighted by molar-refractivity contribution is 5.07. The van der Waals surface area contributed by atoms with E-state index in [0.29, 0.717) is 5.54 Å². The zero-order valence-electron chi connectivity index (χ0n) is 12.1. The highest BCUT2D eigenvalue weighted by Gasteiger charge is 2.50. The zero-order valence-corrected chi connectivity index (χ0v) is 12.1. The molecule has 104 valence electrons. The first kappa shape index (κ1) is 12.9. The molecule has 3 heteroatoms. The summed E-state index contributed by atoms with van der Waals surface area (Å²) < 4.78 is 0. The minimum Gasteiger partial charge on any atom is -0.329 e. The maximum absolute atomic E-state index is 6.27. The molecule has 0 amide bonds. The van der Waals surface area contributed by atoms with Crippen LogP contribution in [-0.2, 0) is 0 Å². The summed E-state index contributed by atoms with van der Waals surface area (Å²) in [5, 5.41) is 0. The highest BCUT2D eigenvalue weighted by Crippen LogP contribution is 2.41. The molecule has 4 heterocycles. The largest absolute Gasteiger partial charge is 0.329 e. The second-order valence-corrected chi connectivity index (χ2v) is 7.05. The molecule has 2 N–H and O–H groups in total. The van der Waals surface area contributed by atoms with E-state index in [4.69, 9.17) is 5.73 Å². The summed E-state index contributed by atoms with van der Waals surface area (Å²) in [7, 11) is 0. The van der Waals surface area contributed by atoms with Crippen LogP contribution in [-0.4, -0.2) is 54.6 Å². The van der Waals surface area contributed by atoms with Gasteiger partial charge in [-0.25, -0.2) is 0 Å². The van der Waals surface area contributed by atoms with Crippen LogP contribution in [0.2, 0.25) is 0 Å². The van der Waals surface area contributed by atoms with Gasteiger partial charge in [0, 0.05) is 25.2 Å². The lowest BCUT2D eigenvalue weighted by Crippen LogP contribution is -2.71. The third kappa shape index (κ3) is 1.91. The number of hydrogen-bond acceptors (Lipinski definition) is 3. The lowest BCUT2D eigenvalue weighted by Gasteiger charge is -2.59.